The summed E-state index contributed by atoms with van der Waals surface area (Å²) in [6.07, 6.45) is 2.92. The van der Waals surface area contributed by atoms with Crippen LogP contribution in [0.1, 0.15) is 26.2 Å². The second-order valence-corrected chi connectivity index (χ2v) is 4.97. The van der Waals surface area contributed by atoms with E-state index >= 15 is 0 Å². The zero-order valence-electron chi connectivity index (χ0n) is 11.8. The highest BCUT2D eigenvalue weighted by Gasteiger charge is 2.18. The van der Waals surface area contributed by atoms with Gasteiger partial charge in [-0.25, -0.2) is 9.59 Å². The van der Waals surface area contributed by atoms with Crippen molar-refractivity contribution in [2.45, 2.75) is 32.2 Å². The molecule has 0 aliphatic carbocycles. The Morgan fingerprint density at radius 3 is 2.60 bits per heavy atom. The highest BCUT2D eigenvalue weighted by molar-refractivity contribution is 7.98. The van der Waals surface area contributed by atoms with E-state index in [2.05, 4.69) is 10.6 Å². The van der Waals surface area contributed by atoms with Gasteiger partial charge in [0.25, 0.3) is 0 Å². The number of carbonyl (C=O) groups is 3. The van der Waals surface area contributed by atoms with Crippen molar-refractivity contribution in [1.29, 1.82) is 0 Å². The first-order valence-electron chi connectivity index (χ1n) is 6.43. The Hall–Kier alpha value is -1.44. The average molecular weight is 306 g/mol. The highest BCUT2D eigenvalue weighted by atomic mass is 32.2. The van der Waals surface area contributed by atoms with Gasteiger partial charge in [0.2, 0.25) is 0 Å². The van der Waals surface area contributed by atoms with Crippen LogP contribution in [-0.4, -0.2) is 54.3 Å². The maximum atomic E-state index is 11.5. The lowest BCUT2D eigenvalue weighted by Gasteiger charge is -2.14. The SMILES string of the molecule is CCOC(=O)CCCNC(=O)N[C@H](CCSC)C(=O)O. The lowest BCUT2D eigenvalue weighted by molar-refractivity contribution is -0.143. The summed E-state index contributed by atoms with van der Waals surface area (Å²) in [6.45, 7) is 2.35. The predicted octanol–water partition coefficient (Wildman–Crippen LogP) is 0.835. The number of amides is 2. The molecule has 7 nitrogen and oxygen atoms in total. The highest BCUT2D eigenvalue weighted by Crippen LogP contribution is 2.01. The molecule has 0 spiro atoms. The normalized spacial score (nSPS) is 11.5. The molecule has 0 aromatic carbocycles. The minimum atomic E-state index is -1.05. The molecule has 8 heteroatoms. The molecule has 1 atom stereocenters. The number of hydrogen-bond acceptors (Lipinski definition) is 5. The van der Waals surface area contributed by atoms with Crippen LogP contribution in [0.25, 0.3) is 0 Å². The van der Waals surface area contributed by atoms with Crippen LogP contribution in [0, 0.1) is 0 Å². The van der Waals surface area contributed by atoms with E-state index in [1.54, 1.807) is 6.92 Å². The van der Waals surface area contributed by atoms with E-state index in [1.165, 1.54) is 11.8 Å². The van der Waals surface area contributed by atoms with Gasteiger partial charge in [0.05, 0.1) is 6.61 Å². The van der Waals surface area contributed by atoms with E-state index in [0.29, 0.717) is 31.7 Å². The number of hydrogen-bond donors (Lipinski definition) is 3. The van der Waals surface area contributed by atoms with E-state index in [0.717, 1.165) is 0 Å². The van der Waals surface area contributed by atoms with E-state index in [4.69, 9.17) is 9.84 Å². The third kappa shape index (κ3) is 9.48. The number of carboxylic acid groups (broad SMARTS) is 1. The molecule has 116 valence electrons. The van der Waals surface area contributed by atoms with E-state index in [9.17, 15) is 14.4 Å². The maximum absolute atomic E-state index is 11.5. The molecule has 0 aromatic rings. The van der Waals surface area contributed by atoms with Crippen LogP contribution >= 0.6 is 11.8 Å². The van der Waals surface area contributed by atoms with Crippen LogP contribution in [-0.2, 0) is 14.3 Å². The average Bonchev–Trinajstić information content (AvgIpc) is 2.39. The predicted molar refractivity (Wildman–Crippen MR) is 76.8 cm³/mol. The Morgan fingerprint density at radius 2 is 2.05 bits per heavy atom. The van der Waals surface area contributed by atoms with Crippen LogP contribution in [0.5, 0.6) is 0 Å². The monoisotopic (exact) mass is 306 g/mol. The zero-order valence-corrected chi connectivity index (χ0v) is 12.6. The van der Waals surface area contributed by atoms with Crippen LogP contribution in [0.3, 0.4) is 0 Å². The fourth-order valence-electron chi connectivity index (χ4n) is 1.37. The Morgan fingerprint density at radius 1 is 1.35 bits per heavy atom. The smallest absolute Gasteiger partial charge is 0.326 e. The van der Waals surface area contributed by atoms with Gasteiger partial charge in [-0.05, 0) is 31.8 Å². The van der Waals surface area contributed by atoms with Gasteiger partial charge in [0, 0.05) is 13.0 Å². The third-order valence-electron chi connectivity index (χ3n) is 2.36. The molecule has 0 aromatic heterocycles. The molecule has 0 unspecified atom stereocenters. The van der Waals surface area contributed by atoms with Gasteiger partial charge >= 0.3 is 18.0 Å². The summed E-state index contributed by atoms with van der Waals surface area (Å²) in [5.41, 5.74) is 0. The summed E-state index contributed by atoms with van der Waals surface area (Å²) in [7, 11) is 0. The number of carboxylic acids is 1. The Kier molecular flexibility index (Phi) is 10.6. The van der Waals surface area contributed by atoms with Gasteiger partial charge in [-0.15, -0.1) is 0 Å². The molecule has 0 saturated heterocycles. The second-order valence-electron chi connectivity index (χ2n) is 3.98. The molecule has 0 aliphatic rings. The zero-order chi connectivity index (χ0) is 15.4. The Labute approximate surface area is 122 Å². The Bertz CT molecular complexity index is 325. The minimum Gasteiger partial charge on any atom is -0.480 e. The van der Waals surface area contributed by atoms with Crippen molar-refractivity contribution >= 4 is 29.7 Å². The summed E-state index contributed by atoms with van der Waals surface area (Å²) in [5, 5.41) is 13.8. The lowest BCUT2D eigenvalue weighted by atomic mass is 10.2. The molecule has 0 heterocycles. The number of thioether (sulfide) groups is 1. The summed E-state index contributed by atoms with van der Waals surface area (Å²) in [6, 6.07) is -1.44. The number of urea groups is 1. The van der Waals surface area contributed by atoms with Crippen molar-refractivity contribution < 1.29 is 24.2 Å². The molecule has 20 heavy (non-hydrogen) atoms. The molecular formula is C12H22N2O5S. The lowest BCUT2D eigenvalue weighted by Crippen LogP contribution is -2.46. The van der Waals surface area contributed by atoms with Crippen molar-refractivity contribution in [3.63, 3.8) is 0 Å². The molecule has 2 amide bonds. The first-order chi connectivity index (χ1) is 9.51. The number of rotatable bonds is 10. The van der Waals surface area contributed by atoms with Crippen molar-refractivity contribution in [3.8, 4) is 0 Å². The van der Waals surface area contributed by atoms with Crippen molar-refractivity contribution in [2.24, 2.45) is 0 Å². The molecule has 0 aliphatic heterocycles. The molecular weight excluding hydrogens is 284 g/mol. The van der Waals surface area contributed by atoms with Crippen molar-refractivity contribution in [3.05, 3.63) is 0 Å². The van der Waals surface area contributed by atoms with Gasteiger partial charge in [-0.1, -0.05) is 0 Å². The van der Waals surface area contributed by atoms with Gasteiger partial charge in [-0.2, -0.15) is 11.8 Å². The molecule has 0 bridgehead atoms. The largest absolute Gasteiger partial charge is 0.480 e. The first kappa shape index (κ1) is 18.6. The second kappa shape index (κ2) is 11.4. The molecule has 0 radical (unpaired) electrons. The van der Waals surface area contributed by atoms with Crippen LogP contribution in [0.15, 0.2) is 0 Å². The fraction of sp³-hybridized carbons (Fsp3) is 0.750. The summed E-state index contributed by atoms with van der Waals surface area (Å²) in [4.78, 5) is 33.4. The number of carbonyl (C=O) groups excluding carboxylic acids is 2. The third-order valence-corrected chi connectivity index (χ3v) is 3.01. The number of nitrogens with one attached hydrogen (secondary N) is 2. The van der Waals surface area contributed by atoms with Crippen molar-refractivity contribution in [2.75, 3.05) is 25.2 Å². The number of esters is 1. The van der Waals surface area contributed by atoms with E-state index in [-0.39, 0.29) is 12.4 Å². The van der Waals surface area contributed by atoms with Crippen LogP contribution in [0.2, 0.25) is 0 Å². The van der Waals surface area contributed by atoms with Crippen molar-refractivity contribution in [1.82, 2.24) is 10.6 Å². The topological polar surface area (TPSA) is 105 Å². The summed E-state index contributed by atoms with van der Waals surface area (Å²) in [5.74, 6) is -0.709. The van der Waals surface area contributed by atoms with E-state index in [1.807, 2.05) is 6.26 Å². The van der Waals surface area contributed by atoms with E-state index < -0.39 is 18.0 Å². The van der Waals surface area contributed by atoms with Crippen LogP contribution < -0.4 is 10.6 Å². The van der Waals surface area contributed by atoms with Gasteiger partial charge in [-0.3, -0.25) is 4.79 Å². The van der Waals surface area contributed by atoms with Gasteiger partial charge in [0.1, 0.15) is 6.04 Å². The van der Waals surface area contributed by atoms with Gasteiger partial charge in [0.15, 0.2) is 0 Å². The molecule has 0 rings (SSSR count). The molecule has 0 fully saturated rings. The number of aliphatic carboxylic acids is 1. The molecule has 3 N–H and O–H groups in total. The quantitative estimate of drug-likeness (QED) is 0.408. The first-order valence-corrected chi connectivity index (χ1v) is 7.82. The maximum Gasteiger partial charge on any atom is 0.326 e. The summed E-state index contributed by atoms with van der Waals surface area (Å²) < 4.78 is 4.74. The fourth-order valence-corrected chi connectivity index (χ4v) is 1.84. The number of ether oxygens (including phenoxy) is 1. The van der Waals surface area contributed by atoms with Crippen LogP contribution in [0.4, 0.5) is 4.79 Å². The Balaban J connectivity index is 3.84. The minimum absolute atomic E-state index is 0.225. The standard InChI is InChI=1S/C12H22N2O5S/c1-3-19-10(15)5-4-7-13-12(18)14-9(11(16)17)6-8-20-2/h9H,3-8H2,1-2H3,(H,16,17)(H2,13,14,18)/t9-/m1/s1. The summed E-state index contributed by atoms with van der Waals surface area (Å²) >= 11 is 1.52. The molecule has 0 saturated carbocycles. The van der Waals surface area contributed by atoms with Gasteiger partial charge < -0.3 is 20.5 Å².